The van der Waals surface area contributed by atoms with Crippen molar-refractivity contribution in [2.75, 3.05) is 19.8 Å². The fraction of sp³-hybridized carbons (Fsp3) is 0.529. The molecular weight excluding hydrogens is 296 g/mol. The van der Waals surface area contributed by atoms with E-state index < -0.39 is 0 Å². The van der Waals surface area contributed by atoms with Crippen molar-refractivity contribution in [3.63, 3.8) is 0 Å². The van der Waals surface area contributed by atoms with E-state index in [1.54, 1.807) is 4.90 Å². The van der Waals surface area contributed by atoms with Crippen molar-refractivity contribution in [2.24, 2.45) is 0 Å². The lowest BCUT2D eigenvalue weighted by Crippen LogP contribution is -2.45. The van der Waals surface area contributed by atoms with Crippen LogP contribution < -0.4 is 14.8 Å². The maximum Gasteiger partial charge on any atom is 0.243 e. The molecule has 2 aliphatic heterocycles. The van der Waals surface area contributed by atoms with Crippen LogP contribution in [0.3, 0.4) is 0 Å². The van der Waals surface area contributed by atoms with Crippen molar-refractivity contribution < 1.29 is 19.1 Å². The minimum Gasteiger partial charge on any atom is -0.486 e. The monoisotopic (exact) mass is 318 g/mol. The van der Waals surface area contributed by atoms with Gasteiger partial charge in [0.25, 0.3) is 0 Å². The Morgan fingerprint density at radius 2 is 2.00 bits per heavy atom. The zero-order valence-corrected chi connectivity index (χ0v) is 13.5. The summed E-state index contributed by atoms with van der Waals surface area (Å²) in [5.41, 5.74) is 0.954. The zero-order valence-electron chi connectivity index (χ0n) is 13.5. The number of hydrogen-bond acceptors (Lipinski definition) is 4. The van der Waals surface area contributed by atoms with E-state index in [1.165, 1.54) is 6.92 Å². The third-order valence-corrected chi connectivity index (χ3v) is 4.38. The van der Waals surface area contributed by atoms with E-state index in [1.807, 2.05) is 25.1 Å². The van der Waals surface area contributed by atoms with Crippen molar-refractivity contribution in [1.29, 1.82) is 0 Å². The molecule has 2 heterocycles. The van der Waals surface area contributed by atoms with E-state index in [9.17, 15) is 9.59 Å². The van der Waals surface area contributed by atoms with Crippen LogP contribution in [0, 0.1) is 0 Å². The average Bonchev–Trinajstić information content (AvgIpc) is 3.04. The Morgan fingerprint density at radius 1 is 1.26 bits per heavy atom. The van der Waals surface area contributed by atoms with Crippen LogP contribution in [0.25, 0.3) is 0 Å². The molecule has 6 heteroatoms. The van der Waals surface area contributed by atoms with E-state index in [-0.39, 0.29) is 23.9 Å². The summed E-state index contributed by atoms with van der Waals surface area (Å²) >= 11 is 0. The molecule has 0 bridgehead atoms. The van der Waals surface area contributed by atoms with Gasteiger partial charge in [-0.05, 0) is 37.5 Å². The van der Waals surface area contributed by atoms with Crippen LogP contribution in [0.1, 0.15) is 38.3 Å². The summed E-state index contributed by atoms with van der Waals surface area (Å²) in [5.74, 6) is 1.30. The van der Waals surface area contributed by atoms with E-state index >= 15 is 0 Å². The maximum absolute atomic E-state index is 12.5. The van der Waals surface area contributed by atoms with Crippen LogP contribution in [0.5, 0.6) is 11.5 Å². The highest BCUT2D eigenvalue weighted by atomic mass is 16.6. The van der Waals surface area contributed by atoms with Gasteiger partial charge in [-0.3, -0.25) is 9.59 Å². The molecule has 2 amide bonds. The molecule has 1 aromatic carbocycles. The van der Waals surface area contributed by atoms with Gasteiger partial charge < -0.3 is 19.7 Å². The molecule has 2 aliphatic rings. The second kappa shape index (κ2) is 6.48. The summed E-state index contributed by atoms with van der Waals surface area (Å²) in [6, 6.07) is 5.18. The molecule has 1 saturated heterocycles. The minimum atomic E-state index is -0.354. The summed E-state index contributed by atoms with van der Waals surface area (Å²) in [6.45, 7) is 5.19. The predicted octanol–water partition coefficient (Wildman–Crippen LogP) is 1.65. The average molecular weight is 318 g/mol. The summed E-state index contributed by atoms with van der Waals surface area (Å²) in [4.78, 5) is 25.7. The number of carbonyl (C=O) groups is 2. The lowest BCUT2D eigenvalue weighted by atomic mass is 10.1. The van der Waals surface area contributed by atoms with Crippen LogP contribution >= 0.6 is 0 Å². The van der Waals surface area contributed by atoms with Gasteiger partial charge in [-0.15, -0.1) is 0 Å². The first-order valence-electron chi connectivity index (χ1n) is 8.03. The predicted molar refractivity (Wildman–Crippen MR) is 84.4 cm³/mol. The number of nitrogens with one attached hydrogen (secondary N) is 1. The second-order valence-electron chi connectivity index (χ2n) is 6.00. The van der Waals surface area contributed by atoms with Gasteiger partial charge in [0.05, 0.1) is 6.04 Å². The normalized spacial score (nSPS) is 21.0. The SMILES string of the molecule is CC(=O)N1CCC[C@H]1C(=O)N[C@@H](C)c1ccc2c(c1)OCCO2. The van der Waals surface area contributed by atoms with Gasteiger partial charge in [-0.1, -0.05) is 6.07 Å². The first-order chi connectivity index (χ1) is 11.1. The fourth-order valence-corrected chi connectivity index (χ4v) is 3.14. The molecule has 124 valence electrons. The van der Waals surface area contributed by atoms with Crippen LogP contribution in [0.4, 0.5) is 0 Å². The molecule has 1 N–H and O–H groups in total. The highest BCUT2D eigenvalue weighted by molar-refractivity contribution is 5.87. The molecule has 23 heavy (non-hydrogen) atoms. The third kappa shape index (κ3) is 3.25. The van der Waals surface area contributed by atoms with E-state index in [4.69, 9.17) is 9.47 Å². The van der Waals surface area contributed by atoms with Gasteiger partial charge in [0, 0.05) is 13.5 Å². The summed E-state index contributed by atoms with van der Waals surface area (Å²) in [5, 5.41) is 3.00. The lowest BCUT2D eigenvalue weighted by molar-refractivity contribution is -0.137. The van der Waals surface area contributed by atoms with Gasteiger partial charge in [0.2, 0.25) is 11.8 Å². The van der Waals surface area contributed by atoms with Crippen molar-refractivity contribution in [1.82, 2.24) is 10.2 Å². The number of amides is 2. The Kier molecular flexibility index (Phi) is 4.41. The second-order valence-corrected chi connectivity index (χ2v) is 6.00. The number of ether oxygens (including phenoxy) is 2. The number of carbonyl (C=O) groups excluding carboxylic acids is 2. The molecule has 0 radical (unpaired) electrons. The van der Waals surface area contributed by atoms with Crippen molar-refractivity contribution >= 4 is 11.8 Å². The molecule has 1 aromatic rings. The van der Waals surface area contributed by atoms with E-state index in [2.05, 4.69) is 5.32 Å². The number of fused-ring (bicyclic) bond motifs is 1. The Balaban J connectivity index is 1.68. The molecule has 0 spiro atoms. The summed E-state index contributed by atoms with van der Waals surface area (Å²) in [6.07, 6.45) is 1.59. The highest BCUT2D eigenvalue weighted by Crippen LogP contribution is 2.32. The number of nitrogens with zero attached hydrogens (tertiary/aromatic N) is 1. The minimum absolute atomic E-state index is 0.0466. The van der Waals surface area contributed by atoms with Crippen molar-refractivity contribution in [3.05, 3.63) is 23.8 Å². The Bertz CT molecular complexity index is 617. The Labute approximate surface area is 135 Å². The first-order valence-corrected chi connectivity index (χ1v) is 8.03. The quantitative estimate of drug-likeness (QED) is 0.920. The van der Waals surface area contributed by atoms with Gasteiger partial charge in [0.15, 0.2) is 11.5 Å². The Hall–Kier alpha value is -2.24. The van der Waals surface area contributed by atoms with Gasteiger partial charge >= 0.3 is 0 Å². The smallest absolute Gasteiger partial charge is 0.243 e. The number of rotatable bonds is 3. The van der Waals surface area contributed by atoms with Crippen LogP contribution in [0.2, 0.25) is 0 Å². The number of benzene rings is 1. The third-order valence-electron chi connectivity index (χ3n) is 4.38. The largest absolute Gasteiger partial charge is 0.486 e. The summed E-state index contributed by atoms with van der Waals surface area (Å²) < 4.78 is 11.1. The molecule has 6 nitrogen and oxygen atoms in total. The molecule has 0 saturated carbocycles. The fourth-order valence-electron chi connectivity index (χ4n) is 3.14. The molecule has 0 aliphatic carbocycles. The van der Waals surface area contributed by atoms with Crippen molar-refractivity contribution in [3.8, 4) is 11.5 Å². The number of hydrogen-bond donors (Lipinski definition) is 1. The van der Waals surface area contributed by atoms with Crippen LogP contribution in [0.15, 0.2) is 18.2 Å². The van der Waals surface area contributed by atoms with E-state index in [0.717, 1.165) is 24.2 Å². The molecule has 2 atom stereocenters. The zero-order chi connectivity index (χ0) is 16.4. The van der Waals surface area contributed by atoms with Crippen LogP contribution in [-0.2, 0) is 9.59 Å². The molecule has 0 aromatic heterocycles. The lowest BCUT2D eigenvalue weighted by Gasteiger charge is -2.25. The van der Waals surface area contributed by atoms with Gasteiger partial charge in [0.1, 0.15) is 19.3 Å². The molecule has 1 fully saturated rings. The van der Waals surface area contributed by atoms with E-state index in [0.29, 0.717) is 25.5 Å². The molecule has 0 unspecified atom stereocenters. The van der Waals surface area contributed by atoms with Crippen LogP contribution in [-0.4, -0.2) is 42.5 Å². The molecular formula is C17H22N2O4. The number of likely N-dealkylation sites (tertiary alicyclic amines) is 1. The Morgan fingerprint density at radius 3 is 2.74 bits per heavy atom. The standard InChI is InChI=1S/C17H22N2O4/c1-11(13-5-6-15-16(10-13)23-9-8-22-15)18-17(21)14-4-3-7-19(14)12(2)20/h5-6,10-11,14H,3-4,7-9H2,1-2H3,(H,18,21)/t11-,14-/m0/s1. The first kappa shape index (κ1) is 15.6. The van der Waals surface area contributed by atoms with Gasteiger partial charge in [-0.2, -0.15) is 0 Å². The van der Waals surface area contributed by atoms with Crippen molar-refractivity contribution in [2.45, 2.75) is 38.8 Å². The topological polar surface area (TPSA) is 67.9 Å². The molecule has 3 rings (SSSR count). The van der Waals surface area contributed by atoms with Gasteiger partial charge in [-0.25, -0.2) is 0 Å². The summed E-state index contributed by atoms with van der Waals surface area (Å²) in [7, 11) is 0. The highest BCUT2D eigenvalue weighted by Gasteiger charge is 2.33. The maximum atomic E-state index is 12.5.